The molecule has 15 heavy (non-hydrogen) atoms. The van der Waals surface area contributed by atoms with Crippen molar-refractivity contribution in [1.29, 1.82) is 0 Å². The summed E-state index contributed by atoms with van der Waals surface area (Å²) in [5.74, 6) is 0.920. The van der Waals surface area contributed by atoms with Crippen LogP contribution in [0.3, 0.4) is 0 Å². The minimum Gasteiger partial charge on any atom is -0.306 e. The minimum atomic E-state index is 0.727. The van der Waals surface area contributed by atoms with E-state index in [9.17, 15) is 0 Å². The molecule has 3 nitrogen and oxygen atoms in total. The van der Waals surface area contributed by atoms with Crippen molar-refractivity contribution in [3.8, 4) is 0 Å². The van der Waals surface area contributed by atoms with E-state index in [-0.39, 0.29) is 0 Å². The third kappa shape index (κ3) is 2.52. The van der Waals surface area contributed by atoms with Gasteiger partial charge in [-0.05, 0) is 33.9 Å². The van der Waals surface area contributed by atoms with E-state index in [1.807, 2.05) is 0 Å². The summed E-state index contributed by atoms with van der Waals surface area (Å²) in [4.78, 5) is 7.58. The molecule has 0 aromatic carbocycles. The Labute approximate surface area is 94.0 Å². The highest BCUT2D eigenvalue weighted by Crippen LogP contribution is 2.20. The predicted octanol–water partition coefficient (Wildman–Crippen LogP) is 0.572. The summed E-state index contributed by atoms with van der Waals surface area (Å²) in [6.45, 7) is 11.1. The van der Waals surface area contributed by atoms with Gasteiger partial charge in [-0.2, -0.15) is 0 Å². The fourth-order valence-corrected chi connectivity index (χ4v) is 3.22. The number of likely N-dealkylation sites (tertiary alicyclic amines) is 1. The van der Waals surface area contributed by atoms with Crippen molar-refractivity contribution in [2.45, 2.75) is 25.9 Å². The van der Waals surface area contributed by atoms with Crippen molar-refractivity contribution in [1.82, 2.24) is 14.7 Å². The van der Waals surface area contributed by atoms with Gasteiger partial charge in [0.25, 0.3) is 0 Å². The Kier molecular flexibility index (Phi) is 3.33. The van der Waals surface area contributed by atoms with Crippen LogP contribution in [-0.4, -0.2) is 73.6 Å². The average Bonchev–Trinajstić information content (AvgIpc) is 2.07. The zero-order valence-electron chi connectivity index (χ0n) is 10.6. The number of nitrogens with zero attached hydrogens (tertiary/aromatic N) is 3. The average molecular weight is 211 g/mol. The molecule has 88 valence electrons. The highest BCUT2D eigenvalue weighted by Gasteiger charge is 2.32. The van der Waals surface area contributed by atoms with E-state index in [4.69, 9.17) is 0 Å². The lowest BCUT2D eigenvalue weighted by molar-refractivity contribution is 0.00907. The number of hydrogen-bond acceptors (Lipinski definition) is 3. The standard InChI is InChI=1S/C12H25N3/c1-10-5-13(3)6-11(2)15(10)9-12-7-14(4)8-12/h10-12H,5-9H2,1-4H3/t10-,11+. The van der Waals surface area contributed by atoms with Crippen molar-refractivity contribution in [3.05, 3.63) is 0 Å². The van der Waals surface area contributed by atoms with E-state index in [0.717, 1.165) is 18.0 Å². The first kappa shape index (κ1) is 11.4. The van der Waals surface area contributed by atoms with Gasteiger partial charge in [-0.15, -0.1) is 0 Å². The molecule has 2 aliphatic heterocycles. The molecule has 2 heterocycles. The van der Waals surface area contributed by atoms with E-state index >= 15 is 0 Å². The molecule has 0 aromatic rings. The number of piperazine rings is 1. The number of rotatable bonds is 2. The first-order chi connectivity index (χ1) is 7.06. The molecule has 2 atom stereocenters. The van der Waals surface area contributed by atoms with Gasteiger partial charge in [0, 0.05) is 44.8 Å². The van der Waals surface area contributed by atoms with Crippen molar-refractivity contribution < 1.29 is 0 Å². The molecular formula is C12H25N3. The van der Waals surface area contributed by atoms with Gasteiger partial charge in [0.2, 0.25) is 0 Å². The molecule has 2 fully saturated rings. The van der Waals surface area contributed by atoms with Gasteiger partial charge in [0.15, 0.2) is 0 Å². The molecule has 0 N–H and O–H groups in total. The van der Waals surface area contributed by atoms with Gasteiger partial charge in [-0.1, -0.05) is 0 Å². The molecule has 2 saturated heterocycles. The van der Waals surface area contributed by atoms with Crippen LogP contribution in [0.25, 0.3) is 0 Å². The third-order valence-electron chi connectivity index (χ3n) is 3.89. The summed E-state index contributed by atoms with van der Waals surface area (Å²) in [7, 11) is 4.45. The van der Waals surface area contributed by atoms with Crippen molar-refractivity contribution in [3.63, 3.8) is 0 Å². The molecule has 0 aromatic heterocycles. The van der Waals surface area contributed by atoms with E-state index in [1.54, 1.807) is 0 Å². The molecular weight excluding hydrogens is 186 g/mol. The van der Waals surface area contributed by atoms with Crippen LogP contribution >= 0.6 is 0 Å². The predicted molar refractivity (Wildman–Crippen MR) is 64.1 cm³/mol. The molecule has 2 aliphatic rings. The zero-order valence-corrected chi connectivity index (χ0v) is 10.6. The molecule has 2 rings (SSSR count). The Bertz CT molecular complexity index is 201. The summed E-state index contributed by atoms with van der Waals surface area (Å²) in [5.41, 5.74) is 0. The summed E-state index contributed by atoms with van der Waals surface area (Å²) in [5, 5.41) is 0. The van der Waals surface area contributed by atoms with Gasteiger partial charge in [-0.25, -0.2) is 0 Å². The van der Waals surface area contributed by atoms with Gasteiger partial charge < -0.3 is 9.80 Å². The van der Waals surface area contributed by atoms with Crippen LogP contribution in [0.5, 0.6) is 0 Å². The van der Waals surface area contributed by atoms with E-state index < -0.39 is 0 Å². The lowest BCUT2D eigenvalue weighted by atomic mass is 9.97. The van der Waals surface area contributed by atoms with Crippen molar-refractivity contribution in [2.24, 2.45) is 5.92 Å². The lowest BCUT2D eigenvalue weighted by Crippen LogP contribution is -2.59. The van der Waals surface area contributed by atoms with Gasteiger partial charge >= 0.3 is 0 Å². The Balaban J connectivity index is 1.84. The Morgan fingerprint density at radius 2 is 1.33 bits per heavy atom. The van der Waals surface area contributed by atoms with Crippen LogP contribution in [0.1, 0.15) is 13.8 Å². The second-order valence-electron chi connectivity index (χ2n) is 5.70. The van der Waals surface area contributed by atoms with Gasteiger partial charge in [0.1, 0.15) is 0 Å². The molecule has 0 unspecified atom stereocenters. The molecule has 0 amide bonds. The fraction of sp³-hybridized carbons (Fsp3) is 1.00. The maximum atomic E-state index is 2.71. The lowest BCUT2D eigenvalue weighted by Gasteiger charge is -2.47. The van der Waals surface area contributed by atoms with Gasteiger partial charge in [0.05, 0.1) is 0 Å². The topological polar surface area (TPSA) is 9.72 Å². The summed E-state index contributed by atoms with van der Waals surface area (Å²) >= 11 is 0. The number of hydrogen-bond donors (Lipinski definition) is 0. The van der Waals surface area contributed by atoms with Crippen molar-refractivity contribution in [2.75, 3.05) is 46.8 Å². The highest BCUT2D eigenvalue weighted by atomic mass is 15.3. The summed E-state index contributed by atoms with van der Waals surface area (Å²) in [6, 6.07) is 1.45. The monoisotopic (exact) mass is 211 g/mol. The highest BCUT2D eigenvalue weighted by molar-refractivity contribution is 4.88. The maximum Gasteiger partial charge on any atom is 0.0198 e. The molecule has 0 spiro atoms. The van der Waals surface area contributed by atoms with Crippen LogP contribution < -0.4 is 0 Å². The van der Waals surface area contributed by atoms with Crippen LogP contribution in [0.4, 0.5) is 0 Å². The second kappa shape index (κ2) is 4.40. The van der Waals surface area contributed by atoms with Crippen LogP contribution in [-0.2, 0) is 0 Å². The second-order valence-corrected chi connectivity index (χ2v) is 5.70. The minimum absolute atomic E-state index is 0.727. The van der Waals surface area contributed by atoms with Gasteiger partial charge in [-0.3, -0.25) is 4.90 Å². The fourth-order valence-electron chi connectivity index (χ4n) is 3.22. The molecule has 0 saturated carbocycles. The zero-order chi connectivity index (χ0) is 11.0. The van der Waals surface area contributed by atoms with Crippen LogP contribution in [0.15, 0.2) is 0 Å². The largest absolute Gasteiger partial charge is 0.306 e. The summed E-state index contributed by atoms with van der Waals surface area (Å²) < 4.78 is 0. The first-order valence-corrected chi connectivity index (χ1v) is 6.19. The maximum absolute atomic E-state index is 2.71. The normalized spacial score (nSPS) is 36.8. The first-order valence-electron chi connectivity index (χ1n) is 6.19. The third-order valence-corrected chi connectivity index (χ3v) is 3.89. The Hall–Kier alpha value is -0.120. The number of likely N-dealkylation sites (N-methyl/N-ethyl adjacent to an activating group) is 1. The van der Waals surface area contributed by atoms with E-state index in [0.29, 0.717) is 0 Å². The van der Waals surface area contributed by atoms with E-state index in [2.05, 4.69) is 42.6 Å². The molecule has 3 heteroatoms. The van der Waals surface area contributed by atoms with Crippen molar-refractivity contribution >= 4 is 0 Å². The van der Waals surface area contributed by atoms with Crippen LogP contribution in [0.2, 0.25) is 0 Å². The smallest absolute Gasteiger partial charge is 0.0198 e. The van der Waals surface area contributed by atoms with E-state index in [1.165, 1.54) is 32.7 Å². The SMILES string of the molecule is C[C@@H]1CN(C)C[C@H](C)N1CC1CN(C)C1. The molecule has 0 bridgehead atoms. The Morgan fingerprint density at radius 1 is 0.867 bits per heavy atom. The quantitative estimate of drug-likeness (QED) is 0.661. The Morgan fingerprint density at radius 3 is 1.80 bits per heavy atom. The molecule has 0 radical (unpaired) electrons. The summed E-state index contributed by atoms with van der Waals surface area (Å²) in [6.07, 6.45) is 0. The van der Waals surface area contributed by atoms with Crippen LogP contribution in [0, 0.1) is 5.92 Å². The molecule has 0 aliphatic carbocycles.